The van der Waals surface area contributed by atoms with Gasteiger partial charge in [0.2, 0.25) is 29.5 Å². The number of carbonyl (C=O) groups excluding carboxylic acids is 5. The molecule has 12 N–H and O–H groups in total. The molecule has 14 nitrogen and oxygen atoms in total. The molecule has 35 heavy (non-hydrogen) atoms. The predicted octanol–water partition coefficient (Wildman–Crippen LogP) is -2.83. The van der Waals surface area contributed by atoms with Crippen LogP contribution in [0.2, 0.25) is 0 Å². The van der Waals surface area contributed by atoms with Crippen LogP contribution in [-0.2, 0) is 28.8 Å². The van der Waals surface area contributed by atoms with E-state index in [0.717, 1.165) is 0 Å². The van der Waals surface area contributed by atoms with Crippen molar-refractivity contribution in [3.05, 3.63) is 0 Å². The Kier molecular flexibility index (Phi) is 14.9. The maximum atomic E-state index is 12.9. The van der Waals surface area contributed by atoms with E-state index in [-0.39, 0.29) is 32.1 Å². The number of hydrogen-bond donors (Lipinski definition) is 8. The number of carbonyl (C=O) groups is 6. The zero-order valence-corrected chi connectivity index (χ0v) is 20.2. The lowest BCUT2D eigenvalue weighted by Gasteiger charge is -2.27. The monoisotopic (exact) mass is 501 g/mol. The van der Waals surface area contributed by atoms with Crippen molar-refractivity contribution in [1.82, 2.24) is 16.0 Å². The first-order valence-corrected chi connectivity index (χ1v) is 11.5. The molecule has 0 bridgehead atoms. The maximum Gasteiger partial charge on any atom is 0.326 e. The molecule has 0 heterocycles. The standard InChI is InChI=1S/C21H39N7O7/c1-11(2)17(28-18(31)12(23)6-8-15(24)29)20(33)26-13(7-9-16(25)30)19(32)27-14(21(34)35)5-3-4-10-22/h11-14,17H,3-10,22-23H2,1-2H3,(H2,24,29)(H2,25,30)(H,26,33)(H,27,32)(H,28,31)(H,34,35). The van der Waals surface area contributed by atoms with Crippen LogP contribution in [0, 0.1) is 5.92 Å². The lowest BCUT2D eigenvalue weighted by atomic mass is 10.0. The summed E-state index contributed by atoms with van der Waals surface area (Å²) in [6.07, 6.45) is 0.598. The zero-order chi connectivity index (χ0) is 27.1. The Morgan fingerprint density at radius 3 is 1.77 bits per heavy atom. The van der Waals surface area contributed by atoms with E-state index in [9.17, 15) is 33.9 Å². The Morgan fingerprint density at radius 1 is 0.743 bits per heavy atom. The topological polar surface area (TPSA) is 263 Å². The van der Waals surface area contributed by atoms with Crippen LogP contribution in [0.15, 0.2) is 0 Å². The van der Waals surface area contributed by atoms with Gasteiger partial charge in [0.05, 0.1) is 6.04 Å². The molecular formula is C21H39N7O7. The average Bonchev–Trinajstić information content (AvgIpc) is 2.76. The quantitative estimate of drug-likeness (QED) is 0.0898. The second-order valence-corrected chi connectivity index (χ2v) is 8.59. The molecule has 0 aromatic carbocycles. The number of unbranched alkanes of at least 4 members (excludes halogenated alkanes) is 1. The molecular weight excluding hydrogens is 462 g/mol. The number of nitrogens with two attached hydrogens (primary N) is 4. The van der Waals surface area contributed by atoms with Gasteiger partial charge < -0.3 is 44.0 Å². The first-order chi connectivity index (χ1) is 16.3. The van der Waals surface area contributed by atoms with E-state index in [1.54, 1.807) is 13.8 Å². The van der Waals surface area contributed by atoms with E-state index >= 15 is 0 Å². The van der Waals surface area contributed by atoms with Crippen LogP contribution in [0.1, 0.15) is 58.8 Å². The molecule has 200 valence electrons. The van der Waals surface area contributed by atoms with E-state index in [0.29, 0.717) is 19.4 Å². The highest BCUT2D eigenvalue weighted by Crippen LogP contribution is 2.08. The summed E-state index contributed by atoms with van der Waals surface area (Å²) in [7, 11) is 0. The first kappa shape index (κ1) is 31.7. The largest absolute Gasteiger partial charge is 0.480 e. The summed E-state index contributed by atoms with van der Waals surface area (Å²) in [5.74, 6) is -5.27. The van der Waals surface area contributed by atoms with E-state index in [1.807, 2.05) is 0 Å². The molecule has 4 unspecified atom stereocenters. The van der Waals surface area contributed by atoms with Gasteiger partial charge in [-0.3, -0.25) is 24.0 Å². The van der Waals surface area contributed by atoms with Gasteiger partial charge in [-0.1, -0.05) is 13.8 Å². The maximum absolute atomic E-state index is 12.9. The van der Waals surface area contributed by atoms with Crippen molar-refractivity contribution in [2.24, 2.45) is 28.9 Å². The Bertz CT molecular complexity index is 760. The van der Waals surface area contributed by atoms with Gasteiger partial charge in [0.25, 0.3) is 0 Å². The number of nitrogens with one attached hydrogen (secondary N) is 3. The molecule has 0 aliphatic heterocycles. The number of hydrogen-bond acceptors (Lipinski definition) is 8. The summed E-state index contributed by atoms with van der Waals surface area (Å²) < 4.78 is 0. The van der Waals surface area contributed by atoms with Gasteiger partial charge in [0.15, 0.2) is 0 Å². The van der Waals surface area contributed by atoms with Crippen molar-refractivity contribution in [3.63, 3.8) is 0 Å². The van der Waals surface area contributed by atoms with Gasteiger partial charge in [-0.25, -0.2) is 4.79 Å². The summed E-state index contributed by atoms with van der Waals surface area (Å²) in [6.45, 7) is 3.66. The number of aliphatic carboxylic acids is 1. The second-order valence-electron chi connectivity index (χ2n) is 8.59. The van der Waals surface area contributed by atoms with E-state index < -0.39 is 65.6 Å². The molecule has 0 spiro atoms. The van der Waals surface area contributed by atoms with Crippen LogP contribution >= 0.6 is 0 Å². The lowest BCUT2D eigenvalue weighted by Crippen LogP contribution is -2.58. The Morgan fingerprint density at radius 2 is 1.29 bits per heavy atom. The van der Waals surface area contributed by atoms with Crippen LogP contribution in [0.3, 0.4) is 0 Å². The minimum Gasteiger partial charge on any atom is -0.480 e. The van der Waals surface area contributed by atoms with Gasteiger partial charge in [-0.05, 0) is 44.6 Å². The molecule has 0 aromatic heterocycles. The van der Waals surface area contributed by atoms with Crippen molar-refractivity contribution in [2.45, 2.75) is 83.0 Å². The smallest absolute Gasteiger partial charge is 0.326 e. The van der Waals surface area contributed by atoms with Crippen molar-refractivity contribution < 1.29 is 33.9 Å². The fourth-order valence-corrected chi connectivity index (χ4v) is 3.06. The molecule has 5 amide bonds. The number of primary amides is 2. The molecule has 0 aliphatic rings. The number of carboxylic acid groups (broad SMARTS) is 1. The van der Waals surface area contributed by atoms with E-state index in [2.05, 4.69) is 16.0 Å². The molecule has 14 heteroatoms. The van der Waals surface area contributed by atoms with Crippen LogP contribution in [0.4, 0.5) is 0 Å². The van der Waals surface area contributed by atoms with Gasteiger partial charge in [0, 0.05) is 12.8 Å². The van der Waals surface area contributed by atoms with Gasteiger partial charge >= 0.3 is 5.97 Å². The molecule has 0 saturated heterocycles. The molecule has 0 radical (unpaired) electrons. The highest BCUT2D eigenvalue weighted by molar-refractivity contribution is 5.94. The molecule has 4 atom stereocenters. The Hall–Kier alpha value is -3.26. The number of amides is 5. The third-order valence-corrected chi connectivity index (χ3v) is 5.16. The summed E-state index contributed by atoms with van der Waals surface area (Å²) >= 11 is 0. The molecule has 0 rings (SSSR count). The Balaban J connectivity index is 5.43. The van der Waals surface area contributed by atoms with Gasteiger partial charge in [-0.2, -0.15) is 0 Å². The molecule has 0 aliphatic carbocycles. The van der Waals surface area contributed by atoms with E-state index in [4.69, 9.17) is 22.9 Å². The third-order valence-electron chi connectivity index (χ3n) is 5.16. The summed E-state index contributed by atoms with van der Waals surface area (Å²) in [6, 6.07) is -4.69. The van der Waals surface area contributed by atoms with E-state index in [1.165, 1.54) is 0 Å². The second kappa shape index (κ2) is 16.4. The predicted molar refractivity (Wildman–Crippen MR) is 126 cm³/mol. The van der Waals surface area contributed by atoms with Crippen molar-refractivity contribution in [1.29, 1.82) is 0 Å². The summed E-state index contributed by atoms with van der Waals surface area (Å²) in [4.78, 5) is 71.8. The first-order valence-electron chi connectivity index (χ1n) is 11.5. The highest BCUT2D eigenvalue weighted by atomic mass is 16.4. The molecule has 0 fully saturated rings. The van der Waals surface area contributed by atoms with Crippen LogP contribution in [0.25, 0.3) is 0 Å². The fourth-order valence-electron chi connectivity index (χ4n) is 3.06. The summed E-state index contributed by atoms with van der Waals surface area (Å²) in [5.41, 5.74) is 21.4. The van der Waals surface area contributed by atoms with Gasteiger partial charge in [0.1, 0.15) is 18.1 Å². The number of rotatable bonds is 18. The summed E-state index contributed by atoms with van der Waals surface area (Å²) in [5, 5.41) is 16.7. The van der Waals surface area contributed by atoms with Crippen LogP contribution in [0.5, 0.6) is 0 Å². The van der Waals surface area contributed by atoms with Crippen molar-refractivity contribution in [2.75, 3.05) is 6.54 Å². The van der Waals surface area contributed by atoms with Crippen molar-refractivity contribution in [3.8, 4) is 0 Å². The minimum atomic E-state index is -1.28. The van der Waals surface area contributed by atoms with Crippen molar-refractivity contribution >= 4 is 35.5 Å². The fraction of sp³-hybridized carbons (Fsp3) is 0.714. The molecule has 0 saturated carbocycles. The average molecular weight is 502 g/mol. The highest BCUT2D eigenvalue weighted by Gasteiger charge is 2.31. The number of carboxylic acids is 1. The van der Waals surface area contributed by atoms with Crippen LogP contribution in [-0.4, -0.2) is 71.3 Å². The SMILES string of the molecule is CC(C)C(NC(=O)C(N)CCC(N)=O)C(=O)NC(CCC(N)=O)C(=O)NC(CCCCN)C(=O)O. The third kappa shape index (κ3) is 13.3. The minimum absolute atomic E-state index is 0.0159. The molecule has 0 aromatic rings. The lowest BCUT2D eigenvalue weighted by molar-refractivity contribution is -0.142. The zero-order valence-electron chi connectivity index (χ0n) is 20.2. The Labute approximate surface area is 204 Å². The normalized spacial score (nSPS) is 14.3. The van der Waals surface area contributed by atoms with Gasteiger partial charge in [-0.15, -0.1) is 0 Å². The van der Waals surface area contributed by atoms with Crippen LogP contribution < -0.4 is 38.9 Å².